The predicted molar refractivity (Wildman–Crippen MR) is 174 cm³/mol. The maximum Gasteiger partial charge on any atom is 0.355 e. The maximum atomic E-state index is 13.6. The van der Waals surface area contributed by atoms with Crippen LogP contribution in [0.2, 0.25) is 10.0 Å². The summed E-state index contributed by atoms with van der Waals surface area (Å²) in [5.41, 5.74) is 2.99. The third kappa shape index (κ3) is 7.41. The van der Waals surface area contributed by atoms with Gasteiger partial charge < -0.3 is 13.9 Å². The van der Waals surface area contributed by atoms with Crippen LogP contribution in [0.4, 0.5) is 0 Å². The standard InChI is InChI=1S/C32H29Cl2NO5S.C2H3N/c1-5-25-27(22-8-6-7-9-26(22)39-25)28(36)20-14-23(33)29(24(34)15-20)40-32(37)30-18(4)35-31(41-30)19-10-12-21(13-11-19)38-16-17(2)3;1-2-3/h6,8,10-15,17H,5,7,9,16H2,1-4H3;1H3. The molecule has 0 radical (unpaired) electrons. The monoisotopic (exact) mass is 650 g/mol. The Hall–Kier alpha value is -3.90. The van der Waals surface area contributed by atoms with Gasteiger partial charge in [0.1, 0.15) is 27.2 Å². The summed E-state index contributed by atoms with van der Waals surface area (Å²) in [6.45, 7) is 9.93. The van der Waals surface area contributed by atoms with Crippen LogP contribution in [0.25, 0.3) is 16.6 Å². The lowest BCUT2D eigenvalue weighted by molar-refractivity contribution is 0.0739. The Labute approximate surface area is 271 Å². The Morgan fingerprint density at radius 2 is 1.82 bits per heavy atom. The predicted octanol–water partition coefficient (Wildman–Crippen LogP) is 9.55. The second kappa shape index (κ2) is 14.7. The first kappa shape index (κ1) is 33.0. The van der Waals surface area contributed by atoms with Crippen molar-refractivity contribution in [2.24, 2.45) is 5.92 Å². The molecule has 0 aliphatic heterocycles. The van der Waals surface area contributed by atoms with E-state index in [1.54, 1.807) is 13.0 Å². The lowest BCUT2D eigenvalue weighted by atomic mass is 9.94. The number of thiazole rings is 1. The highest BCUT2D eigenvalue weighted by Gasteiger charge is 2.27. The normalized spacial score (nSPS) is 11.8. The Balaban J connectivity index is 0.00000141. The molecule has 5 rings (SSSR count). The summed E-state index contributed by atoms with van der Waals surface area (Å²) in [4.78, 5) is 31.6. The number of allylic oxidation sites excluding steroid dienone is 1. The molecule has 0 atom stereocenters. The SMILES string of the molecule is CC#N.CCc1oc2c(c1C(=O)c1cc(Cl)c(OC(=O)c3sc(-c4ccc(OCC(C)C)cc4)nc3C)c(Cl)c1)C=CCC2. The molecule has 0 N–H and O–H groups in total. The molecule has 7 nitrogen and oxygen atoms in total. The molecule has 0 amide bonds. The number of nitriles is 1. The fourth-order valence-electron chi connectivity index (χ4n) is 4.56. The Bertz CT molecular complexity index is 1720. The average Bonchev–Trinajstić information content (AvgIpc) is 3.58. The summed E-state index contributed by atoms with van der Waals surface area (Å²) in [6.07, 6.45) is 6.15. The molecule has 10 heteroatoms. The summed E-state index contributed by atoms with van der Waals surface area (Å²) in [7, 11) is 0. The molecular formula is C34H32Cl2N2O5S. The number of aromatic nitrogens is 1. The van der Waals surface area contributed by atoms with E-state index in [2.05, 4.69) is 18.8 Å². The fourth-order valence-corrected chi connectivity index (χ4v) is 6.07. The number of carbonyl (C=O) groups is 2. The Kier molecular flexibility index (Phi) is 11.0. The van der Waals surface area contributed by atoms with E-state index in [0.29, 0.717) is 45.8 Å². The Morgan fingerprint density at radius 1 is 1.16 bits per heavy atom. The van der Waals surface area contributed by atoms with E-state index in [4.69, 9.17) is 42.4 Å². The van der Waals surface area contributed by atoms with Gasteiger partial charge in [-0.1, -0.05) is 56.1 Å². The number of fused-ring (bicyclic) bond motifs is 1. The van der Waals surface area contributed by atoms with Crippen molar-refractivity contribution in [2.75, 3.05) is 6.61 Å². The molecule has 228 valence electrons. The van der Waals surface area contributed by atoms with Crippen molar-refractivity contribution in [1.82, 2.24) is 4.98 Å². The average molecular weight is 652 g/mol. The van der Waals surface area contributed by atoms with Crippen molar-refractivity contribution in [3.05, 3.63) is 91.3 Å². The first-order chi connectivity index (χ1) is 21.1. The molecule has 0 fully saturated rings. The minimum Gasteiger partial charge on any atom is -0.493 e. The third-order valence-electron chi connectivity index (χ3n) is 6.59. The van der Waals surface area contributed by atoms with E-state index in [0.717, 1.165) is 35.5 Å². The molecule has 0 spiro atoms. The van der Waals surface area contributed by atoms with Crippen molar-refractivity contribution >= 4 is 52.4 Å². The lowest BCUT2D eigenvalue weighted by Gasteiger charge is -2.11. The number of rotatable bonds is 9. The summed E-state index contributed by atoms with van der Waals surface area (Å²) < 4.78 is 17.3. The molecule has 4 aromatic rings. The van der Waals surface area contributed by atoms with Crippen LogP contribution in [0, 0.1) is 24.2 Å². The van der Waals surface area contributed by atoms with Crippen LogP contribution in [-0.4, -0.2) is 23.3 Å². The molecular weight excluding hydrogens is 619 g/mol. The summed E-state index contributed by atoms with van der Waals surface area (Å²) in [6, 6.07) is 12.3. The largest absolute Gasteiger partial charge is 0.493 e. The number of hydrogen-bond acceptors (Lipinski definition) is 8. The van der Waals surface area contributed by atoms with Gasteiger partial charge in [-0.2, -0.15) is 5.26 Å². The van der Waals surface area contributed by atoms with Gasteiger partial charge in [0, 0.05) is 36.5 Å². The highest BCUT2D eigenvalue weighted by atomic mass is 35.5. The zero-order chi connectivity index (χ0) is 32.0. The first-order valence-corrected chi connectivity index (χ1v) is 15.7. The van der Waals surface area contributed by atoms with Crippen molar-refractivity contribution in [1.29, 1.82) is 5.26 Å². The number of ketones is 1. The summed E-state index contributed by atoms with van der Waals surface area (Å²) in [5, 5.41) is 8.10. The smallest absolute Gasteiger partial charge is 0.355 e. The number of nitrogens with zero attached hydrogens (tertiary/aromatic N) is 2. The van der Waals surface area contributed by atoms with Gasteiger partial charge >= 0.3 is 5.97 Å². The van der Waals surface area contributed by atoms with E-state index in [1.807, 2.05) is 43.3 Å². The number of halogens is 2. The molecule has 2 aromatic heterocycles. The summed E-state index contributed by atoms with van der Waals surface area (Å²) >= 11 is 14.2. The van der Waals surface area contributed by atoms with Gasteiger partial charge in [-0.3, -0.25) is 4.79 Å². The number of ether oxygens (including phenoxy) is 2. The van der Waals surface area contributed by atoms with Gasteiger partial charge in [0.15, 0.2) is 11.5 Å². The molecule has 0 unspecified atom stereocenters. The second-order valence-corrected chi connectivity index (χ2v) is 12.2. The van der Waals surface area contributed by atoms with Gasteiger partial charge in [0.05, 0.1) is 34.0 Å². The van der Waals surface area contributed by atoms with Crippen LogP contribution in [0.15, 0.2) is 46.9 Å². The van der Waals surface area contributed by atoms with E-state index in [9.17, 15) is 9.59 Å². The number of carbonyl (C=O) groups excluding carboxylic acids is 2. The number of furan rings is 1. The molecule has 1 aliphatic carbocycles. The number of benzene rings is 2. The van der Waals surface area contributed by atoms with Crippen LogP contribution in [-0.2, 0) is 12.8 Å². The van der Waals surface area contributed by atoms with Gasteiger partial charge in [0.25, 0.3) is 0 Å². The molecule has 1 aliphatic rings. The van der Waals surface area contributed by atoms with Crippen LogP contribution >= 0.6 is 34.5 Å². The van der Waals surface area contributed by atoms with Crippen molar-refractivity contribution in [2.45, 2.75) is 53.9 Å². The molecule has 2 aromatic carbocycles. The van der Waals surface area contributed by atoms with Gasteiger partial charge in [-0.25, -0.2) is 9.78 Å². The van der Waals surface area contributed by atoms with Crippen LogP contribution in [0.5, 0.6) is 11.5 Å². The molecule has 0 saturated carbocycles. The summed E-state index contributed by atoms with van der Waals surface area (Å²) in [5.74, 6) is 1.75. The van der Waals surface area contributed by atoms with E-state index in [1.165, 1.54) is 30.4 Å². The molecule has 0 saturated heterocycles. The van der Waals surface area contributed by atoms with Crippen LogP contribution in [0.3, 0.4) is 0 Å². The van der Waals surface area contributed by atoms with Gasteiger partial charge in [-0.05, 0) is 55.7 Å². The van der Waals surface area contributed by atoms with Crippen molar-refractivity contribution < 1.29 is 23.5 Å². The highest BCUT2D eigenvalue weighted by Crippen LogP contribution is 2.38. The maximum absolute atomic E-state index is 13.6. The first-order valence-electron chi connectivity index (χ1n) is 14.2. The van der Waals surface area contributed by atoms with Gasteiger partial charge in [-0.15, -0.1) is 11.3 Å². The third-order valence-corrected chi connectivity index (χ3v) is 8.34. The molecule has 0 bridgehead atoms. The van der Waals surface area contributed by atoms with Crippen LogP contribution in [0.1, 0.15) is 82.5 Å². The van der Waals surface area contributed by atoms with E-state index >= 15 is 0 Å². The number of hydrogen-bond donors (Lipinski definition) is 0. The van der Waals surface area contributed by atoms with Crippen molar-refractivity contribution in [3.63, 3.8) is 0 Å². The fraction of sp³-hybridized carbons (Fsp3) is 0.294. The minimum absolute atomic E-state index is 0.0132. The van der Waals surface area contributed by atoms with Gasteiger partial charge in [0.2, 0.25) is 0 Å². The molecule has 44 heavy (non-hydrogen) atoms. The highest BCUT2D eigenvalue weighted by molar-refractivity contribution is 7.17. The topological polar surface area (TPSA) is 102 Å². The van der Waals surface area contributed by atoms with E-state index in [-0.39, 0.29) is 27.1 Å². The Morgan fingerprint density at radius 3 is 2.43 bits per heavy atom. The van der Waals surface area contributed by atoms with Crippen molar-refractivity contribution in [3.8, 4) is 28.1 Å². The minimum atomic E-state index is -0.631. The second-order valence-electron chi connectivity index (χ2n) is 10.4. The molecule has 2 heterocycles. The number of esters is 1. The van der Waals surface area contributed by atoms with E-state index < -0.39 is 5.97 Å². The zero-order valence-electron chi connectivity index (χ0n) is 25.1. The quantitative estimate of drug-likeness (QED) is 0.101. The van der Waals surface area contributed by atoms with Crippen LogP contribution < -0.4 is 9.47 Å². The number of aryl methyl sites for hydroxylation is 3. The lowest BCUT2D eigenvalue weighted by Crippen LogP contribution is -2.10. The zero-order valence-corrected chi connectivity index (χ0v) is 27.5.